The van der Waals surface area contributed by atoms with Gasteiger partial charge in [0.15, 0.2) is 0 Å². The third kappa shape index (κ3) is 3.46. The fourth-order valence-electron chi connectivity index (χ4n) is 2.06. The summed E-state index contributed by atoms with van der Waals surface area (Å²) in [4.78, 5) is 33.8. The average Bonchev–Trinajstić information content (AvgIpc) is 2.46. The van der Waals surface area contributed by atoms with Crippen LogP contribution >= 0.6 is 11.6 Å². The molecule has 23 heavy (non-hydrogen) atoms. The van der Waals surface area contributed by atoms with E-state index in [1.807, 2.05) is 0 Å². The fraction of sp³-hybridized carbons (Fsp3) is 0.0667. The fourth-order valence-corrected chi connectivity index (χ4v) is 2.24. The molecule has 0 unspecified atom stereocenters. The van der Waals surface area contributed by atoms with Crippen molar-refractivity contribution in [2.75, 3.05) is 5.32 Å². The average molecular weight is 335 g/mol. The molecule has 8 heteroatoms. The van der Waals surface area contributed by atoms with Gasteiger partial charge in [-0.3, -0.25) is 14.9 Å². The molecule has 0 aromatic heterocycles. The second kappa shape index (κ2) is 6.45. The van der Waals surface area contributed by atoms with Gasteiger partial charge in [0.1, 0.15) is 0 Å². The number of nitro benzene ring substituents is 1. The summed E-state index contributed by atoms with van der Waals surface area (Å²) in [6.45, 7) is 1.45. The summed E-state index contributed by atoms with van der Waals surface area (Å²) in [5.74, 6) is -1.89. The molecule has 0 aliphatic heterocycles. The summed E-state index contributed by atoms with van der Waals surface area (Å²) >= 11 is 5.82. The molecule has 2 N–H and O–H groups in total. The van der Waals surface area contributed by atoms with Gasteiger partial charge in [0.05, 0.1) is 16.2 Å². The van der Waals surface area contributed by atoms with Crippen molar-refractivity contribution in [3.05, 3.63) is 68.2 Å². The van der Waals surface area contributed by atoms with Crippen LogP contribution in [0.25, 0.3) is 0 Å². The summed E-state index contributed by atoms with van der Waals surface area (Å²) < 4.78 is 0. The number of benzene rings is 2. The number of anilines is 1. The first-order valence-electron chi connectivity index (χ1n) is 6.39. The molecule has 1 amide bonds. The Balaban J connectivity index is 2.41. The number of hydrogen-bond acceptors (Lipinski definition) is 4. The van der Waals surface area contributed by atoms with E-state index in [1.54, 1.807) is 0 Å². The lowest BCUT2D eigenvalue weighted by molar-refractivity contribution is -0.385. The number of nitrogens with one attached hydrogen (secondary N) is 1. The molecule has 0 bridgehead atoms. The van der Waals surface area contributed by atoms with E-state index in [0.29, 0.717) is 0 Å². The molecule has 0 atom stereocenters. The van der Waals surface area contributed by atoms with Crippen molar-refractivity contribution in [3.63, 3.8) is 0 Å². The zero-order valence-corrected chi connectivity index (χ0v) is 12.6. The highest BCUT2D eigenvalue weighted by molar-refractivity contribution is 6.31. The summed E-state index contributed by atoms with van der Waals surface area (Å²) in [5.41, 5.74) is -0.0432. The van der Waals surface area contributed by atoms with E-state index in [0.717, 1.165) is 0 Å². The second-order valence-electron chi connectivity index (χ2n) is 4.66. The van der Waals surface area contributed by atoms with Crippen LogP contribution in [0.3, 0.4) is 0 Å². The first kappa shape index (κ1) is 16.4. The number of carbonyl (C=O) groups excluding carboxylic acids is 1. The van der Waals surface area contributed by atoms with Gasteiger partial charge in [-0.15, -0.1) is 0 Å². The monoisotopic (exact) mass is 334 g/mol. The molecule has 2 aromatic rings. The van der Waals surface area contributed by atoms with Crippen molar-refractivity contribution in [2.45, 2.75) is 6.92 Å². The smallest absolute Gasteiger partial charge is 0.337 e. The van der Waals surface area contributed by atoms with Crippen LogP contribution < -0.4 is 5.32 Å². The van der Waals surface area contributed by atoms with E-state index in [9.17, 15) is 19.7 Å². The third-order valence-corrected chi connectivity index (χ3v) is 3.44. The summed E-state index contributed by atoms with van der Waals surface area (Å²) in [5, 5.41) is 22.7. The Kier molecular flexibility index (Phi) is 4.61. The van der Waals surface area contributed by atoms with E-state index >= 15 is 0 Å². The zero-order chi connectivity index (χ0) is 17.1. The quantitative estimate of drug-likeness (QED) is 0.656. The minimum atomic E-state index is -1.23. The highest BCUT2D eigenvalue weighted by Crippen LogP contribution is 2.25. The molecule has 2 rings (SSSR count). The van der Waals surface area contributed by atoms with Crippen LogP contribution in [0, 0.1) is 17.0 Å². The Labute approximate surface area is 135 Å². The number of carboxylic acid groups (broad SMARTS) is 1. The number of nitro groups is 1. The second-order valence-corrected chi connectivity index (χ2v) is 5.09. The maximum atomic E-state index is 12.3. The van der Waals surface area contributed by atoms with Crippen molar-refractivity contribution >= 4 is 34.9 Å². The number of hydrogen-bond donors (Lipinski definition) is 2. The molecule has 7 nitrogen and oxygen atoms in total. The molecule has 0 radical (unpaired) electrons. The zero-order valence-electron chi connectivity index (χ0n) is 11.9. The van der Waals surface area contributed by atoms with Crippen LogP contribution in [0.5, 0.6) is 0 Å². The van der Waals surface area contributed by atoms with Crippen LogP contribution in [0.2, 0.25) is 5.02 Å². The summed E-state index contributed by atoms with van der Waals surface area (Å²) in [6, 6.07) is 8.04. The van der Waals surface area contributed by atoms with E-state index < -0.39 is 16.8 Å². The molecule has 118 valence electrons. The van der Waals surface area contributed by atoms with Gasteiger partial charge in [-0.25, -0.2) is 4.79 Å². The maximum absolute atomic E-state index is 12.3. The number of carbonyl (C=O) groups is 2. The summed E-state index contributed by atoms with van der Waals surface area (Å²) in [6.07, 6.45) is 0. The van der Waals surface area contributed by atoms with Gasteiger partial charge in [0.2, 0.25) is 0 Å². The molecular formula is C15H11ClN2O5. The van der Waals surface area contributed by atoms with E-state index in [2.05, 4.69) is 5.32 Å². The van der Waals surface area contributed by atoms with Crippen LogP contribution in [0.15, 0.2) is 36.4 Å². The predicted molar refractivity (Wildman–Crippen MR) is 84.2 cm³/mol. The number of nitrogens with zero attached hydrogens (tertiary/aromatic N) is 1. The molecule has 0 aliphatic rings. The number of carboxylic acids is 1. The SMILES string of the molecule is Cc1c(C(=O)Nc2cc(Cl)ccc2C(=O)O)cccc1[N+](=O)[O-]. The Bertz CT molecular complexity index is 820. The molecule has 0 fully saturated rings. The molecule has 0 aliphatic carbocycles. The van der Waals surface area contributed by atoms with Gasteiger partial charge in [-0.2, -0.15) is 0 Å². The molecule has 0 spiro atoms. The highest BCUT2D eigenvalue weighted by Gasteiger charge is 2.20. The van der Waals surface area contributed by atoms with Gasteiger partial charge in [-0.05, 0) is 31.2 Å². The molecule has 0 heterocycles. The van der Waals surface area contributed by atoms with Gasteiger partial charge in [-0.1, -0.05) is 17.7 Å². The largest absolute Gasteiger partial charge is 0.478 e. The van der Waals surface area contributed by atoms with E-state index in [1.165, 1.54) is 43.3 Å². The first-order chi connectivity index (χ1) is 10.8. The third-order valence-electron chi connectivity index (χ3n) is 3.21. The Morgan fingerprint density at radius 2 is 1.91 bits per heavy atom. The lowest BCUT2D eigenvalue weighted by Crippen LogP contribution is -2.16. The first-order valence-corrected chi connectivity index (χ1v) is 6.77. The van der Waals surface area contributed by atoms with Crippen molar-refractivity contribution in [1.82, 2.24) is 0 Å². The van der Waals surface area contributed by atoms with Crippen LogP contribution in [0.1, 0.15) is 26.3 Å². The van der Waals surface area contributed by atoms with Gasteiger partial charge in [0.25, 0.3) is 11.6 Å². The number of amides is 1. The minimum absolute atomic E-state index is 0.0147. The van der Waals surface area contributed by atoms with Crippen molar-refractivity contribution in [3.8, 4) is 0 Å². The van der Waals surface area contributed by atoms with Crippen LogP contribution in [0.4, 0.5) is 11.4 Å². The van der Waals surface area contributed by atoms with Crippen LogP contribution in [-0.2, 0) is 0 Å². The molecule has 2 aromatic carbocycles. The number of halogens is 1. The number of rotatable bonds is 4. The van der Waals surface area contributed by atoms with Gasteiger partial charge >= 0.3 is 5.97 Å². The molecular weight excluding hydrogens is 324 g/mol. The lowest BCUT2D eigenvalue weighted by atomic mass is 10.1. The van der Waals surface area contributed by atoms with Gasteiger partial charge < -0.3 is 10.4 Å². The normalized spacial score (nSPS) is 10.2. The lowest BCUT2D eigenvalue weighted by Gasteiger charge is -2.10. The van der Waals surface area contributed by atoms with Crippen molar-refractivity contribution in [2.24, 2.45) is 0 Å². The standard InChI is InChI=1S/C15H11ClN2O5/c1-8-10(3-2-4-13(8)18(22)23)14(19)17-12-7-9(16)5-6-11(12)15(20)21/h2-7H,1H3,(H,17,19)(H,20,21). The highest BCUT2D eigenvalue weighted by atomic mass is 35.5. The molecule has 0 saturated carbocycles. The topological polar surface area (TPSA) is 110 Å². The van der Waals surface area contributed by atoms with E-state index in [-0.39, 0.29) is 33.1 Å². The van der Waals surface area contributed by atoms with Gasteiger partial charge in [0, 0.05) is 22.2 Å². The maximum Gasteiger partial charge on any atom is 0.337 e. The Morgan fingerprint density at radius 3 is 2.52 bits per heavy atom. The molecule has 0 saturated heterocycles. The van der Waals surface area contributed by atoms with E-state index in [4.69, 9.17) is 16.7 Å². The van der Waals surface area contributed by atoms with Crippen molar-refractivity contribution in [1.29, 1.82) is 0 Å². The van der Waals surface area contributed by atoms with Crippen molar-refractivity contribution < 1.29 is 19.6 Å². The van der Waals surface area contributed by atoms with Crippen LogP contribution in [-0.4, -0.2) is 21.9 Å². The summed E-state index contributed by atoms with van der Waals surface area (Å²) in [7, 11) is 0. The minimum Gasteiger partial charge on any atom is -0.478 e. The number of aromatic carboxylic acids is 1. The predicted octanol–water partition coefficient (Wildman–Crippen LogP) is 3.51. The Morgan fingerprint density at radius 1 is 1.22 bits per heavy atom. The Hall–Kier alpha value is -2.93.